The monoisotopic (exact) mass is 246 g/mol. The van der Waals surface area contributed by atoms with Gasteiger partial charge in [-0.3, -0.25) is 4.79 Å². The van der Waals surface area contributed by atoms with Crippen molar-refractivity contribution < 1.29 is 9.90 Å². The predicted molar refractivity (Wildman–Crippen MR) is 70.5 cm³/mol. The Hall–Kier alpha value is -1.84. The Kier molecular flexibility index (Phi) is 3.65. The van der Waals surface area contributed by atoms with Crippen LogP contribution in [0.3, 0.4) is 0 Å². The first-order valence-electron chi connectivity index (χ1n) is 6.24. The SMILES string of the molecule is CC(C)Cc1nc2ccccc2n1CCC(=O)O. The third kappa shape index (κ3) is 2.70. The number of carboxylic acid groups (broad SMARTS) is 1. The lowest BCUT2D eigenvalue weighted by Gasteiger charge is -2.09. The van der Waals surface area contributed by atoms with E-state index in [9.17, 15) is 4.79 Å². The molecule has 1 aromatic carbocycles. The number of carbonyl (C=O) groups is 1. The second kappa shape index (κ2) is 5.21. The highest BCUT2D eigenvalue weighted by Crippen LogP contribution is 2.18. The molecule has 2 aromatic rings. The van der Waals surface area contributed by atoms with E-state index in [1.807, 2.05) is 28.8 Å². The van der Waals surface area contributed by atoms with E-state index in [1.54, 1.807) is 0 Å². The zero-order valence-corrected chi connectivity index (χ0v) is 10.8. The number of para-hydroxylation sites is 2. The number of rotatable bonds is 5. The van der Waals surface area contributed by atoms with Crippen LogP contribution in [-0.4, -0.2) is 20.6 Å². The standard InChI is InChI=1S/C14H18N2O2/c1-10(2)9-13-15-11-5-3-4-6-12(11)16(13)8-7-14(17)18/h3-6,10H,7-9H2,1-2H3,(H,17,18). The Morgan fingerprint density at radius 1 is 1.39 bits per heavy atom. The fourth-order valence-corrected chi connectivity index (χ4v) is 2.10. The molecule has 0 atom stereocenters. The minimum Gasteiger partial charge on any atom is -0.481 e. The number of hydrogen-bond acceptors (Lipinski definition) is 2. The Bertz CT molecular complexity index is 558. The summed E-state index contributed by atoms with van der Waals surface area (Å²) < 4.78 is 2.03. The first-order chi connectivity index (χ1) is 8.58. The zero-order valence-electron chi connectivity index (χ0n) is 10.8. The largest absolute Gasteiger partial charge is 0.481 e. The third-order valence-corrected chi connectivity index (χ3v) is 2.87. The van der Waals surface area contributed by atoms with E-state index in [2.05, 4.69) is 18.8 Å². The van der Waals surface area contributed by atoms with Crippen LogP contribution in [-0.2, 0) is 17.8 Å². The number of fused-ring (bicyclic) bond motifs is 1. The van der Waals surface area contributed by atoms with Gasteiger partial charge in [-0.15, -0.1) is 0 Å². The molecule has 0 radical (unpaired) electrons. The van der Waals surface area contributed by atoms with Crippen molar-refractivity contribution in [1.29, 1.82) is 0 Å². The van der Waals surface area contributed by atoms with Crippen LogP contribution in [0.25, 0.3) is 11.0 Å². The molecule has 18 heavy (non-hydrogen) atoms. The first kappa shape index (κ1) is 12.6. The summed E-state index contributed by atoms with van der Waals surface area (Å²) in [6.07, 6.45) is 1.000. The van der Waals surface area contributed by atoms with Crippen molar-refractivity contribution in [3.05, 3.63) is 30.1 Å². The molecule has 0 aliphatic heterocycles. The number of imidazole rings is 1. The number of nitrogens with zero attached hydrogens (tertiary/aromatic N) is 2. The zero-order chi connectivity index (χ0) is 13.1. The van der Waals surface area contributed by atoms with Crippen molar-refractivity contribution in [2.75, 3.05) is 0 Å². The van der Waals surface area contributed by atoms with Crippen LogP contribution in [0.4, 0.5) is 0 Å². The normalized spacial score (nSPS) is 11.3. The lowest BCUT2D eigenvalue weighted by molar-refractivity contribution is -0.137. The number of aromatic nitrogens is 2. The highest BCUT2D eigenvalue weighted by Gasteiger charge is 2.12. The molecule has 0 unspecified atom stereocenters. The van der Waals surface area contributed by atoms with E-state index in [4.69, 9.17) is 5.11 Å². The maximum Gasteiger partial charge on any atom is 0.305 e. The number of aliphatic carboxylic acids is 1. The van der Waals surface area contributed by atoms with Gasteiger partial charge in [-0.1, -0.05) is 26.0 Å². The fourth-order valence-electron chi connectivity index (χ4n) is 2.10. The summed E-state index contributed by atoms with van der Waals surface area (Å²) >= 11 is 0. The Morgan fingerprint density at radius 3 is 2.78 bits per heavy atom. The van der Waals surface area contributed by atoms with Gasteiger partial charge in [0.1, 0.15) is 5.82 Å². The summed E-state index contributed by atoms with van der Waals surface area (Å²) in [6.45, 7) is 4.76. The molecule has 4 nitrogen and oxygen atoms in total. The summed E-state index contributed by atoms with van der Waals surface area (Å²) in [7, 11) is 0. The van der Waals surface area contributed by atoms with Gasteiger partial charge in [-0.05, 0) is 18.1 Å². The van der Waals surface area contributed by atoms with E-state index in [-0.39, 0.29) is 6.42 Å². The number of benzene rings is 1. The average Bonchev–Trinajstić information content (AvgIpc) is 2.62. The quantitative estimate of drug-likeness (QED) is 0.882. The lowest BCUT2D eigenvalue weighted by atomic mass is 10.1. The fraction of sp³-hybridized carbons (Fsp3) is 0.429. The maximum atomic E-state index is 10.7. The number of carboxylic acids is 1. The molecule has 2 rings (SSSR count). The van der Waals surface area contributed by atoms with Crippen LogP contribution in [0.5, 0.6) is 0 Å². The van der Waals surface area contributed by atoms with Gasteiger partial charge in [0, 0.05) is 13.0 Å². The van der Waals surface area contributed by atoms with Gasteiger partial charge < -0.3 is 9.67 Å². The van der Waals surface area contributed by atoms with Crippen molar-refractivity contribution in [3.63, 3.8) is 0 Å². The molecule has 96 valence electrons. The number of hydrogen-bond donors (Lipinski definition) is 1. The van der Waals surface area contributed by atoms with Crippen LogP contribution < -0.4 is 0 Å². The van der Waals surface area contributed by atoms with Crippen molar-refractivity contribution in [2.24, 2.45) is 5.92 Å². The van der Waals surface area contributed by atoms with Crippen LogP contribution in [0, 0.1) is 5.92 Å². The van der Waals surface area contributed by atoms with Gasteiger partial charge in [0.15, 0.2) is 0 Å². The van der Waals surface area contributed by atoms with Crippen molar-refractivity contribution >= 4 is 17.0 Å². The van der Waals surface area contributed by atoms with Gasteiger partial charge in [0.2, 0.25) is 0 Å². The summed E-state index contributed by atoms with van der Waals surface area (Å²) in [5.41, 5.74) is 1.97. The van der Waals surface area contributed by atoms with Crippen LogP contribution >= 0.6 is 0 Å². The topological polar surface area (TPSA) is 55.1 Å². The van der Waals surface area contributed by atoms with Gasteiger partial charge in [-0.2, -0.15) is 0 Å². The molecule has 1 N–H and O–H groups in total. The molecule has 0 spiro atoms. The maximum absolute atomic E-state index is 10.7. The first-order valence-corrected chi connectivity index (χ1v) is 6.24. The molecular weight excluding hydrogens is 228 g/mol. The Balaban J connectivity index is 2.40. The van der Waals surface area contributed by atoms with E-state index in [1.165, 1.54) is 0 Å². The lowest BCUT2D eigenvalue weighted by Crippen LogP contribution is -2.10. The molecule has 0 fully saturated rings. The Labute approximate surface area is 106 Å². The second-order valence-electron chi connectivity index (χ2n) is 4.91. The highest BCUT2D eigenvalue weighted by atomic mass is 16.4. The molecule has 0 saturated carbocycles. The Morgan fingerprint density at radius 2 is 2.11 bits per heavy atom. The van der Waals surface area contributed by atoms with Crippen LogP contribution in [0.2, 0.25) is 0 Å². The van der Waals surface area contributed by atoms with Gasteiger partial charge in [0.05, 0.1) is 17.5 Å². The molecule has 1 aromatic heterocycles. The van der Waals surface area contributed by atoms with E-state index in [0.29, 0.717) is 12.5 Å². The summed E-state index contributed by atoms with van der Waals surface area (Å²) in [5.74, 6) is 0.709. The average molecular weight is 246 g/mol. The van der Waals surface area contributed by atoms with Gasteiger partial charge >= 0.3 is 5.97 Å². The summed E-state index contributed by atoms with van der Waals surface area (Å²) in [4.78, 5) is 15.3. The molecule has 0 aliphatic carbocycles. The molecule has 1 heterocycles. The van der Waals surface area contributed by atoms with Crippen LogP contribution in [0.1, 0.15) is 26.1 Å². The summed E-state index contributed by atoms with van der Waals surface area (Å²) in [6, 6.07) is 7.88. The van der Waals surface area contributed by atoms with Crippen molar-refractivity contribution in [2.45, 2.75) is 33.2 Å². The molecule has 0 saturated heterocycles. The van der Waals surface area contributed by atoms with Gasteiger partial charge in [-0.25, -0.2) is 4.98 Å². The van der Waals surface area contributed by atoms with Crippen molar-refractivity contribution in [1.82, 2.24) is 9.55 Å². The minimum absolute atomic E-state index is 0.130. The molecular formula is C14H18N2O2. The van der Waals surface area contributed by atoms with Crippen molar-refractivity contribution in [3.8, 4) is 0 Å². The van der Waals surface area contributed by atoms with Crippen LogP contribution in [0.15, 0.2) is 24.3 Å². The number of aryl methyl sites for hydroxylation is 1. The van der Waals surface area contributed by atoms with Gasteiger partial charge in [0.25, 0.3) is 0 Å². The third-order valence-electron chi connectivity index (χ3n) is 2.87. The molecule has 0 aliphatic rings. The van der Waals surface area contributed by atoms with E-state index in [0.717, 1.165) is 23.3 Å². The minimum atomic E-state index is -0.775. The molecule has 0 amide bonds. The van der Waals surface area contributed by atoms with E-state index >= 15 is 0 Å². The highest BCUT2D eigenvalue weighted by molar-refractivity contribution is 5.76. The second-order valence-corrected chi connectivity index (χ2v) is 4.91. The predicted octanol–water partition coefficient (Wildman–Crippen LogP) is 2.71. The summed E-state index contributed by atoms with van der Waals surface area (Å²) in [5, 5.41) is 8.82. The molecule has 4 heteroatoms. The molecule has 0 bridgehead atoms. The smallest absolute Gasteiger partial charge is 0.305 e. The van der Waals surface area contributed by atoms with E-state index < -0.39 is 5.97 Å².